The van der Waals surface area contributed by atoms with Crippen molar-refractivity contribution >= 4 is 0 Å². The molecule has 1 rings (SSSR count). The van der Waals surface area contributed by atoms with E-state index in [1.165, 1.54) is 11.1 Å². The van der Waals surface area contributed by atoms with Crippen molar-refractivity contribution in [1.29, 1.82) is 0 Å². The van der Waals surface area contributed by atoms with Gasteiger partial charge in [-0.05, 0) is 38.9 Å². The minimum atomic E-state index is 0.0232. The molecule has 3 atom stereocenters. The third-order valence-electron chi connectivity index (χ3n) is 3.40. The number of nitrogens with zero attached hydrogens (tertiary/aromatic N) is 1. The predicted molar refractivity (Wildman–Crippen MR) is 71.9 cm³/mol. The Labute approximate surface area is 104 Å². The van der Waals surface area contributed by atoms with Crippen molar-refractivity contribution in [3.63, 3.8) is 0 Å². The van der Waals surface area contributed by atoms with Crippen LogP contribution in [0.15, 0.2) is 24.3 Å². The predicted octanol–water partition coefficient (Wildman–Crippen LogP) is 1.70. The summed E-state index contributed by atoms with van der Waals surface area (Å²) < 4.78 is 0. The number of benzene rings is 1. The van der Waals surface area contributed by atoms with Crippen LogP contribution in [0.2, 0.25) is 0 Å². The van der Waals surface area contributed by atoms with Gasteiger partial charge in [0.2, 0.25) is 0 Å². The van der Waals surface area contributed by atoms with Gasteiger partial charge in [-0.2, -0.15) is 0 Å². The van der Waals surface area contributed by atoms with E-state index in [0.717, 1.165) is 0 Å². The lowest BCUT2D eigenvalue weighted by Gasteiger charge is -2.36. The fourth-order valence-corrected chi connectivity index (χ4v) is 2.20. The average Bonchev–Trinajstić information content (AvgIpc) is 2.30. The molecule has 1 aromatic carbocycles. The van der Waals surface area contributed by atoms with Gasteiger partial charge in [-0.1, -0.05) is 24.3 Å². The van der Waals surface area contributed by atoms with E-state index in [1.807, 2.05) is 33.0 Å². The zero-order valence-electron chi connectivity index (χ0n) is 11.2. The summed E-state index contributed by atoms with van der Waals surface area (Å²) in [6.45, 7) is 6.26. The van der Waals surface area contributed by atoms with Crippen LogP contribution < -0.4 is 5.73 Å². The molecule has 0 heterocycles. The first kappa shape index (κ1) is 14.2. The maximum absolute atomic E-state index is 9.27. The summed E-state index contributed by atoms with van der Waals surface area (Å²) >= 11 is 0. The van der Waals surface area contributed by atoms with Gasteiger partial charge < -0.3 is 10.8 Å². The van der Waals surface area contributed by atoms with Gasteiger partial charge in [0.15, 0.2) is 0 Å². The number of aliphatic hydroxyl groups is 1. The molecule has 3 unspecified atom stereocenters. The Morgan fingerprint density at radius 1 is 1.29 bits per heavy atom. The quantitative estimate of drug-likeness (QED) is 0.818. The maximum atomic E-state index is 9.27. The van der Waals surface area contributed by atoms with Crippen LogP contribution in [-0.2, 0) is 0 Å². The summed E-state index contributed by atoms with van der Waals surface area (Å²) in [5.74, 6) is 0. The van der Waals surface area contributed by atoms with Gasteiger partial charge in [-0.25, -0.2) is 0 Å². The minimum Gasteiger partial charge on any atom is -0.395 e. The highest BCUT2D eigenvalue weighted by Gasteiger charge is 2.25. The lowest BCUT2D eigenvalue weighted by molar-refractivity contribution is 0.109. The maximum Gasteiger partial charge on any atom is 0.0584 e. The zero-order chi connectivity index (χ0) is 13.0. The van der Waals surface area contributed by atoms with Gasteiger partial charge in [-0.3, -0.25) is 4.90 Å². The second-order valence-corrected chi connectivity index (χ2v) is 4.86. The van der Waals surface area contributed by atoms with Crippen molar-refractivity contribution in [2.45, 2.75) is 38.9 Å². The van der Waals surface area contributed by atoms with E-state index in [2.05, 4.69) is 24.0 Å². The number of rotatable bonds is 5. The Morgan fingerprint density at radius 2 is 1.88 bits per heavy atom. The number of hydrogen-bond donors (Lipinski definition) is 2. The molecular weight excluding hydrogens is 212 g/mol. The third-order valence-corrected chi connectivity index (χ3v) is 3.40. The number of likely N-dealkylation sites (N-methyl/N-ethyl adjacent to an activating group) is 1. The van der Waals surface area contributed by atoms with E-state index in [0.29, 0.717) is 0 Å². The molecule has 0 aromatic heterocycles. The van der Waals surface area contributed by atoms with E-state index in [4.69, 9.17) is 5.73 Å². The molecule has 0 aliphatic carbocycles. The van der Waals surface area contributed by atoms with Gasteiger partial charge in [0.1, 0.15) is 0 Å². The van der Waals surface area contributed by atoms with Gasteiger partial charge >= 0.3 is 0 Å². The monoisotopic (exact) mass is 236 g/mol. The number of aliphatic hydroxyl groups excluding tert-OH is 1. The van der Waals surface area contributed by atoms with Crippen molar-refractivity contribution in [2.24, 2.45) is 5.73 Å². The van der Waals surface area contributed by atoms with Crippen LogP contribution in [0.5, 0.6) is 0 Å². The lowest BCUT2D eigenvalue weighted by atomic mass is 9.94. The summed E-state index contributed by atoms with van der Waals surface area (Å²) in [6.07, 6.45) is 0. The highest BCUT2D eigenvalue weighted by molar-refractivity contribution is 5.29. The van der Waals surface area contributed by atoms with Crippen LogP contribution in [0, 0.1) is 6.92 Å². The van der Waals surface area contributed by atoms with E-state index < -0.39 is 0 Å². The Bertz CT molecular complexity index is 352. The van der Waals surface area contributed by atoms with E-state index in [-0.39, 0.29) is 24.7 Å². The molecule has 0 aliphatic rings. The molecule has 96 valence electrons. The van der Waals surface area contributed by atoms with Crippen LogP contribution in [-0.4, -0.2) is 35.7 Å². The molecular formula is C14H24N2O. The van der Waals surface area contributed by atoms with Crippen molar-refractivity contribution < 1.29 is 5.11 Å². The first-order chi connectivity index (χ1) is 7.99. The second-order valence-electron chi connectivity index (χ2n) is 4.86. The van der Waals surface area contributed by atoms with Crippen LogP contribution in [0.1, 0.15) is 31.0 Å². The lowest BCUT2D eigenvalue weighted by Crippen LogP contribution is -2.43. The molecule has 17 heavy (non-hydrogen) atoms. The molecule has 3 nitrogen and oxygen atoms in total. The molecule has 0 amide bonds. The Balaban J connectivity index is 3.06. The van der Waals surface area contributed by atoms with Crippen LogP contribution in [0.25, 0.3) is 0 Å². The molecule has 3 heteroatoms. The highest BCUT2D eigenvalue weighted by atomic mass is 16.3. The first-order valence-electron chi connectivity index (χ1n) is 6.13. The fraction of sp³-hybridized carbons (Fsp3) is 0.571. The van der Waals surface area contributed by atoms with Crippen LogP contribution in [0.3, 0.4) is 0 Å². The summed E-state index contributed by atoms with van der Waals surface area (Å²) in [5, 5.41) is 9.27. The van der Waals surface area contributed by atoms with Crippen LogP contribution in [0.4, 0.5) is 0 Å². The average molecular weight is 236 g/mol. The molecule has 0 bridgehead atoms. The molecule has 0 aliphatic heterocycles. The van der Waals surface area contributed by atoms with E-state index >= 15 is 0 Å². The Kier molecular flexibility index (Phi) is 5.12. The Hall–Kier alpha value is -0.900. The summed E-state index contributed by atoms with van der Waals surface area (Å²) in [7, 11) is 2.02. The molecule has 0 spiro atoms. The van der Waals surface area contributed by atoms with Gasteiger partial charge in [0, 0.05) is 18.1 Å². The van der Waals surface area contributed by atoms with Crippen molar-refractivity contribution in [2.75, 3.05) is 13.7 Å². The molecule has 3 N–H and O–H groups in total. The number of aryl methyl sites for hydroxylation is 1. The van der Waals surface area contributed by atoms with Gasteiger partial charge in [0.25, 0.3) is 0 Å². The molecule has 0 saturated heterocycles. The van der Waals surface area contributed by atoms with Crippen molar-refractivity contribution in [1.82, 2.24) is 4.90 Å². The smallest absolute Gasteiger partial charge is 0.0584 e. The normalized spacial score (nSPS) is 16.9. The summed E-state index contributed by atoms with van der Waals surface area (Å²) in [6, 6.07) is 8.55. The van der Waals surface area contributed by atoms with Crippen molar-refractivity contribution in [3.05, 3.63) is 35.4 Å². The number of hydrogen-bond acceptors (Lipinski definition) is 3. The molecule has 0 radical (unpaired) electrons. The zero-order valence-corrected chi connectivity index (χ0v) is 11.2. The second kappa shape index (κ2) is 6.15. The topological polar surface area (TPSA) is 49.5 Å². The summed E-state index contributed by atoms with van der Waals surface area (Å²) in [4.78, 5) is 2.15. The SMILES string of the molecule is Cc1ccccc1C(C(C)N)N(C)C(C)CO. The highest BCUT2D eigenvalue weighted by Crippen LogP contribution is 2.26. The van der Waals surface area contributed by atoms with Gasteiger partial charge in [-0.15, -0.1) is 0 Å². The van der Waals surface area contributed by atoms with Gasteiger partial charge in [0.05, 0.1) is 6.61 Å². The van der Waals surface area contributed by atoms with E-state index in [9.17, 15) is 5.11 Å². The minimum absolute atomic E-state index is 0.0232. The standard InChI is InChI=1S/C14H24N2O/c1-10-7-5-6-8-13(10)14(12(3)15)16(4)11(2)9-17/h5-8,11-12,14,17H,9,15H2,1-4H3. The third kappa shape index (κ3) is 3.28. The summed E-state index contributed by atoms with van der Waals surface area (Å²) in [5.41, 5.74) is 8.59. The molecule has 1 aromatic rings. The fourth-order valence-electron chi connectivity index (χ4n) is 2.20. The largest absolute Gasteiger partial charge is 0.395 e. The number of nitrogens with two attached hydrogens (primary N) is 1. The van der Waals surface area contributed by atoms with Crippen molar-refractivity contribution in [3.8, 4) is 0 Å². The Morgan fingerprint density at radius 3 is 2.35 bits per heavy atom. The first-order valence-corrected chi connectivity index (χ1v) is 6.13. The van der Waals surface area contributed by atoms with Crippen LogP contribution >= 0.6 is 0 Å². The molecule has 0 saturated carbocycles. The molecule has 0 fully saturated rings. The van der Waals surface area contributed by atoms with E-state index in [1.54, 1.807) is 0 Å².